The van der Waals surface area contributed by atoms with Crippen LogP contribution >= 0.6 is 0 Å². The Kier molecular flexibility index (Phi) is 5.61. The van der Waals surface area contributed by atoms with Gasteiger partial charge in [-0.05, 0) is 26.2 Å². The number of aliphatic hydroxyl groups excluding tert-OH is 1. The SMILES string of the molecule is CN(C)C[C@H](O)CN(C)C(=O)Nc1ccccc1. The first-order valence-corrected chi connectivity index (χ1v) is 5.89. The van der Waals surface area contributed by atoms with E-state index < -0.39 is 6.10 Å². The number of urea groups is 1. The summed E-state index contributed by atoms with van der Waals surface area (Å²) < 4.78 is 0. The lowest BCUT2D eigenvalue weighted by atomic mass is 10.3. The van der Waals surface area contributed by atoms with Gasteiger partial charge in [0.25, 0.3) is 0 Å². The molecule has 0 bridgehead atoms. The summed E-state index contributed by atoms with van der Waals surface area (Å²) in [6.45, 7) is 0.833. The quantitative estimate of drug-likeness (QED) is 0.823. The molecule has 2 amide bonds. The minimum atomic E-state index is -0.550. The molecular weight excluding hydrogens is 230 g/mol. The van der Waals surface area contributed by atoms with Crippen LogP contribution in [-0.4, -0.2) is 61.3 Å². The average molecular weight is 251 g/mol. The molecule has 0 saturated heterocycles. The van der Waals surface area contributed by atoms with Gasteiger partial charge in [-0.2, -0.15) is 0 Å². The number of hydrogen-bond acceptors (Lipinski definition) is 3. The van der Waals surface area contributed by atoms with Gasteiger partial charge in [-0.15, -0.1) is 0 Å². The van der Waals surface area contributed by atoms with E-state index in [1.807, 2.05) is 49.3 Å². The normalized spacial score (nSPS) is 12.3. The second kappa shape index (κ2) is 6.98. The van der Waals surface area contributed by atoms with Crippen LogP contribution in [0.15, 0.2) is 30.3 Å². The van der Waals surface area contributed by atoms with Gasteiger partial charge in [0.15, 0.2) is 0 Å². The Morgan fingerprint density at radius 2 is 1.83 bits per heavy atom. The van der Waals surface area contributed by atoms with Gasteiger partial charge in [0.05, 0.1) is 6.10 Å². The monoisotopic (exact) mass is 251 g/mol. The molecular formula is C13H21N3O2. The van der Waals surface area contributed by atoms with E-state index in [1.54, 1.807) is 7.05 Å². The molecule has 0 radical (unpaired) electrons. The Bertz CT molecular complexity index is 368. The van der Waals surface area contributed by atoms with Gasteiger partial charge in [-0.3, -0.25) is 0 Å². The highest BCUT2D eigenvalue weighted by molar-refractivity contribution is 5.89. The van der Waals surface area contributed by atoms with E-state index in [0.29, 0.717) is 13.1 Å². The van der Waals surface area contributed by atoms with Crippen LogP contribution in [0.5, 0.6) is 0 Å². The zero-order valence-electron chi connectivity index (χ0n) is 11.1. The summed E-state index contributed by atoms with van der Waals surface area (Å²) in [5.41, 5.74) is 0.747. The molecule has 0 aliphatic carbocycles. The lowest BCUT2D eigenvalue weighted by Crippen LogP contribution is -2.40. The van der Waals surface area contributed by atoms with Crippen molar-refractivity contribution >= 4 is 11.7 Å². The highest BCUT2D eigenvalue weighted by Gasteiger charge is 2.14. The first-order chi connectivity index (χ1) is 8.49. The van der Waals surface area contributed by atoms with Crippen molar-refractivity contribution in [1.29, 1.82) is 0 Å². The molecule has 5 nitrogen and oxygen atoms in total. The van der Waals surface area contributed by atoms with Crippen LogP contribution in [-0.2, 0) is 0 Å². The van der Waals surface area contributed by atoms with E-state index in [2.05, 4.69) is 5.32 Å². The molecule has 1 rings (SSSR count). The number of likely N-dealkylation sites (N-methyl/N-ethyl adjacent to an activating group) is 2. The summed E-state index contributed by atoms with van der Waals surface area (Å²) in [4.78, 5) is 15.2. The summed E-state index contributed by atoms with van der Waals surface area (Å²) in [6.07, 6.45) is -0.550. The van der Waals surface area contributed by atoms with Crippen LogP contribution < -0.4 is 5.32 Å². The van der Waals surface area contributed by atoms with Crippen molar-refractivity contribution in [3.05, 3.63) is 30.3 Å². The maximum absolute atomic E-state index is 11.8. The molecule has 1 aromatic carbocycles. The van der Waals surface area contributed by atoms with Crippen molar-refractivity contribution in [3.8, 4) is 0 Å². The van der Waals surface area contributed by atoms with Gasteiger partial charge in [0.2, 0.25) is 0 Å². The molecule has 100 valence electrons. The number of carbonyl (C=O) groups excluding carboxylic acids is 1. The number of hydrogen-bond donors (Lipinski definition) is 2. The zero-order chi connectivity index (χ0) is 13.5. The number of anilines is 1. The van der Waals surface area contributed by atoms with E-state index in [4.69, 9.17) is 0 Å². The van der Waals surface area contributed by atoms with E-state index in [0.717, 1.165) is 5.69 Å². The molecule has 0 saturated carbocycles. The molecule has 18 heavy (non-hydrogen) atoms. The Hall–Kier alpha value is -1.59. The van der Waals surface area contributed by atoms with Crippen LogP contribution in [0.4, 0.5) is 10.5 Å². The Morgan fingerprint density at radius 3 is 2.39 bits per heavy atom. The fraction of sp³-hybridized carbons (Fsp3) is 0.462. The van der Waals surface area contributed by atoms with E-state index in [-0.39, 0.29) is 6.03 Å². The molecule has 0 spiro atoms. The number of benzene rings is 1. The van der Waals surface area contributed by atoms with Crippen molar-refractivity contribution in [2.45, 2.75) is 6.10 Å². The van der Waals surface area contributed by atoms with E-state index in [1.165, 1.54) is 4.90 Å². The maximum Gasteiger partial charge on any atom is 0.321 e. The molecule has 0 fully saturated rings. The van der Waals surface area contributed by atoms with Crippen LogP contribution in [0, 0.1) is 0 Å². The Morgan fingerprint density at radius 1 is 1.22 bits per heavy atom. The number of rotatable bonds is 5. The van der Waals surface area contributed by atoms with Gasteiger partial charge in [0, 0.05) is 25.8 Å². The van der Waals surface area contributed by atoms with E-state index in [9.17, 15) is 9.90 Å². The minimum Gasteiger partial charge on any atom is -0.390 e. The topological polar surface area (TPSA) is 55.8 Å². The van der Waals surface area contributed by atoms with Gasteiger partial charge < -0.3 is 20.2 Å². The first kappa shape index (κ1) is 14.5. The van der Waals surface area contributed by atoms with Crippen molar-refractivity contribution in [3.63, 3.8) is 0 Å². The molecule has 5 heteroatoms. The third-order valence-corrected chi connectivity index (χ3v) is 2.43. The van der Waals surface area contributed by atoms with Crippen LogP contribution in [0.25, 0.3) is 0 Å². The van der Waals surface area contributed by atoms with Gasteiger partial charge in [-0.25, -0.2) is 4.79 Å². The van der Waals surface area contributed by atoms with Crippen molar-refractivity contribution in [1.82, 2.24) is 9.80 Å². The predicted molar refractivity (Wildman–Crippen MR) is 72.7 cm³/mol. The van der Waals surface area contributed by atoms with Gasteiger partial charge in [-0.1, -0.05) is 18.2 Å². The first-order valence-electron chi connectivity index (χ1n) is 5.89. The molecule has 0 unspecified atom stereocenters. The molecule has 1 atom stereocenters. The van der Waals surface area contributed by atoms with Crippen molar-refractivity contribution in [2.24, 2.45) is 0 Å². The minimum absolute atomic E-state index is 0.223. The second-order valence-electron chi connectivity index (χ2n) is 4.59. The Balaban J connectivity index is 2.42. The number of nitrogens with one attached hydrogen (secondary N) is 1. The highest BCUT2D eigenvalue weighted by atomic mass is 16.3. The summed E-state index contributed by atoms with van der Waals surface area (Å²) >= 11 is 0. The number of nitrogens with zero attached hydrogens (tertiary/aromatic N) is 2. The molecule has 0 heterocycles. The number of para-hydroxylation sites is 1. The maximum atomic E-state index is 11.8. The summed E-state index contributed by atoms with van der Waals surface area (Å²) in [6, 6.07) is 9.02. The van der Waals surface area contributed by atoms with Crippen LogP contribution in [0.1, 0.15) is 0 Å². The summed E-state index contributed by atoms with van der Waals surface area (Å²) in [7, 11) is 5.43. The molecule has 0 aromatic heterocycles. The van der Waals surface area contributed by atoms with E-state index >= 15 is 0 Å². The zero-order valence-corrected chi connectivity index (χ0v) is 11.1. The molecule has 1 aromatic rings. The lowest BCUT2D eigenvalue weighted by Gasteiger charge is -2.23. The van der Waals surface area contributed by atoms with Crippen molar-refractivity contribution in [2.75, 3.05) is 39.5 Å². The number of carbonyl (C=O) groups is 1. The largest absolute Gasteiger partial charge is 0.390 e. The molecule has 0 aliphatic heterocycles. The van der Waals surface area contributed by atoms with Crippen LogP contribution in [0.2, 0.25) is 0 Å². The van der Waals surface area contributed by atoms with Crippen molar-refractivity contribution < 1.29 is 9.90 Å². The molecule has 0 aliphatic rings. The van der Waals surface area contributed by atoms with Crippen LogP contribution in [0.3, 0.4) is 0 Å². The van der Waals surface area contributed by atoms with Gasteiger partial charge >= 0.3 is 6.03 Å². The van der Waals surface area contributed by atoms with Gasteiger partial charge in [0.1, 0.15) is 0 Å². The average Bonchev–Trinajstić information content (AvgIpc) is 2.28. The third-order valence-electron chi connectivity index (χ3n) is 2.43. The second-order valence-corrected chi connectivity index (χ2v) is 4.59. The predicted octanol–water partition coefficient (Wildman–Crippen LogP) is 1.07. The fourth-order valence-corrected chi connectivity index (χ4v) is 1.62. The fourth-order valence-electron chi connectivity index (χ4n) is 1.62. The standard InChI is InChI=1S/C13H21N3O2/c1-15(2)9-12(17)10-16(3)13(18)14-11-7-5-4-6-8-11/h4-8,12,17H,9-10H2,1-3H3,(H,14,18)/t12-/m0/s1. The highest BCUT2D eigenvalue weighted by Crippen LogP contribution is 2.06. The smallest absolute Gasteiger partial charge is 0.321 e. The lowest BCUT2D eigenvalue weighted by molar-refractivity contribution is 0.108. The third kappa shape index (κ3) is 5.16. The Labute approximate surface area is 108 Å². The number of aliphatic hydroxyl groups is 1. The molecule has 2 N–H and O–H groups in total. The number of amides is 2. The summed E-state index contributed by atoms with van der Waals surface area (Å²) in [5.74, 6) is 0. The summed E-state index contributed by atoms with van der Waals surface area (Å²) in [5, 5.41) is 12.5.